The number of hydrogen-bond acceptors (Lipinski definition) is 5. The zero-order valence-electron chi connectivity index (χ0n) is 23.1. The molecule has 0 radical (unpaired) electrons. The van der Waals surface area contributed by atoms with Crippen molar-refractivity contribution in [1.29, 1.82) is 0 Å². The van der Waals surface area contributed by atoms with E-state index in [1.54, 1.807) is 12.4 Å². The Balaban J connectivity index is 1.60. The van der Waals surface area contributed by atoms with Crippen LogP contribution in [0.1, 0.15) is 31.4 Å². The molecule has 3 amide bonds. The lowest BCUT2D eigenvalue weighted by atomic mass is 10.00. The van der Waals surface area contributed by atoms with Crippen LogP contribution in [-0.4, -0.2) is 63.4 Å². The largest absolute Gasteiger partial charge is 0.480 e. The summed E-state index contributed by atoms with van der Waals surface area (Å²) in [5.74, 6) is -2.74. The van der Waals surface area contributed by atoms with E-state index in [0.29, 0.717) is 6.42 Å². The summed E-state index contributed by atoms with van der Waals surface area (Å²) in [4.78, 5) is 57.3. The molecule has 0 aliphatic carbocycles. The number of carbonyl (C=O) groups excluding carboxylic acids is 3. The Hall–Kier alpha value is -4.64. The topological polar surface area (TPSA) is 182 Å². The van der Waals surface area contributed by atoms with E-state index in [0.717, 1.165) is 32.9 Å². The highest BCUT2D eigenvalue weighted by Crippen LogP contribution is 2.21. The number of para-hydroxylation sites is 2. The summed E-state index contributed by atoms with van der Waals surface area (Å²) >= 11 is 0. The molecule has 0 bridgehead atoms. The summed E-state index contributed by atoms with van der Waals surface area (Å²) in [7, 11) is 0. The number of carboxylic acids is 1. The maximum absolute atomic E-state index is 13.7. The van der Waals surface area contributed by atoms with Gasteiger partial charge in [0.1, 0.15) is 18.6 Å². The Bertz CT molecular complexity index is 1540. The van der Waals surface area contributed by atoms with Crippen molar-refractivity contribution in [2.75, 3.05) is 6.54 Å². The van der Waals surface area contributed by atoms with Gasteiger partial charge in [0.15, 0.2) is 0 Å². The molecule has 0 aliphatic heterocycles. The normalized spacial score (nSPS) is 13.6. The van der Waals surface area contributed by atoms with Gasteiger partial charge >= 0.3 is 5.97 Å². The lowest BCUT2D eigenvalue weighted by molar-refractivity contribution is -0.138. The Kier molecular flexibility index (Phi) is 9.41. The Morgan fingerprint density at radius 3 is 1.78 bits per heavy atom. The number of aromatic nitrogens is 2. The van der Waals surface area contributed by atoms with Crippen LogP contribution in [0.15, 0.2) is 60.9 Å². The number of carboxylic acid groups (broad SMARTS) is 1. The van der Waals surface area contributed by atoms with Gasteiger partial charge in [0.2, 0.25) is 17.7 Å². The van der Waals surface area contributed by atoms with Gasteiger partial charge in [-0.1, -0.05) is 50.2 Å². The van der Waals surface area contributed by atoms with Gasteiger partial charge in [-0.25, -0.2) is 0 Å². The van der Waals surface area contributed by atoms with Crippen molar-refractivity contribution < 1.29 is 24.3 Å². The first kappa shape index (κ1) is 29.3. The van der Waals surface area contributed by atoms with Crippen molar-refractivity contribution in [1.82, 2.24) is 25.9 Å². The lowest BCUT2D eigenvalue weighted by Crippen LogP contribution is -2.57. The number of nitrogens with one attached hydrogen (secondary N) is 5. The Morgan fingerprint density at radius 1 is 0.780 bits per heavy atom. The van der Waals surface area contributed by atoms with Crippen LogP contribution in [0.5, 0.6) is 0 Å². The number of aliphatic carboxylic acids is 1. The van der Waals surface area contributed by atoms with Gasteiger partial charge in [-0.2, -0.15) is 0 Å². The fourth-order valence-corrected chi connectivity index (χ4v) is 4.91. The SMILES string of the molecule is CC(C)CC(N)C(=O)NC(Cc1c[nH]c2ccccc12)C(=O)NC(Cc1c[nH]c2ccccc12)C(=O)NCC(=O)O. The molecular formula is C30H36N6O5. The minimum Gasteiger partial charge on any atom is -0.480 e. The van der Waals surface area contributed by atoms with Crippen molar-refractivity contribution in [3.63, 3.8) is 0 Å². The number of aromatic amines is 2. The summed E-state index contributed by atoms with van der Waals surface area (Å²) in [5.41, 5.74) is 9.44. The van der Waals surface area contributed by atoms with Crippen molar-refractivity contribution >= 4 is 45.5 Å². The van der Waals surface area contributed by atoms with E-state index in [1.165, 1.54) is 0 Å². The minimum absolute atomic E-state index is 0.0990. The zero-order chi connectivity index (χ0) is 29.5. The van der Waals surface area contributed by atoms with Crippen LogP contribution in [0.25, 0.3) is 21.8 Å². The third-order valence-electron chi connectivity index (χ3n) is 6.94. The van der Waals surface area contributed by atoms with Crippen LogP contribution in [0, 0.1) is 5.92 Å². The van der Waals surface area contributed by atoms with Crippen LogP contribution >= 0.6 is 0 Å². The van der Waals surface area contributed by atoms with E-state index in [4.69, 9.17) is 10.8 Å². The quantitative estimate of drug-likeness (QED) is 0.131. The fourth-order valence-electron chi connectivity index (χ4n) is 4.91. The van der Waals surface area contributed by atoms with Gasteiger partial charge in [-0.15, -0.1) is 0 Å². The van der Waals surface area contributed by atoms with Crippen molar-refractivity contribution in [2.45, 2.75) is 51.2 Å². The molecule has 11 heteroatoms. The van der Waals surface area contributed by atoms with Gasteiger partial charge in [-0.05, 0) is 35.6 Å². The standard InChI is InChI=1S/C30H36N6O5/c1-17(2)11-22(31)28(39)35-26(13-19-15-33-24-10-6-4-8-21(19)24)30(41)36-25(29(40)34-16-27(37)38)12-18-14-32-23-9-5-3-7-20(18)23/h3-10,14-15,17,22,25-26,32-33H,11-13,16,31H2,1-2H3,(H,34,40)(H,35,39)(H,36,41)(H,37,38). The van der Waals surface area contributed by atoms with Gasteiger partial charge < -0.3 is 36.8 Å². The minimum atomic E-state index is -1.21. The number of fused-ring (bicyclic) bond motifs is 2. The molecule has 2 heterocycles. The smallest absolute Gasteiger partial charge is 0.322 e. The number of nitrogens with two attached hydrogens (primary N) is 1. The molecule has 41 heavy (non-hydrogen) atoms. The number of H-pyrrole nitrogens is 2. The molecule has 0 spiro atoms. The third-order valence-corrected chi connectivity index (χ3v) is 6.94. The van der Waals surface area contributed by atoms with E-state index in [9.17, 15) is 19.2 Å². The predicted octanol–water partition coefficient (Wildman–Crippen LogP) is 1.98. The first-order valence-corrected chi connectivity index (χ1v) is 13.6. The molecule has 2 aromatic heterocycles. The lowest BCUT2D eigenvalue weighted by Gasteiger charge is -2.24. The molecule has 0 fully saturated rings. The second kappa shape index (κ2) is 13.1. The van der Waals surface area contributed by atoms with Crippen molar-refractivity contribution in [2.24, 2.45) is 11.7 Å². The highest BCUT2D eigenvalue weighted by atomic mass is 16.4. The zero-order valence-corrected chi connectivity index (χ0v) is 23.1. The number of rotatable bonds is 13. The molecule has 8 N–H and O–H groups in total. The van der Waals surface area contributed by atoms with E-state index < -0.39 is 48.4 Å². The first-order chi connectivity index (χ1) is 19.6. The maximum Gasteiger partial charge on any atom is 0.322 e. The molecule has 4 aromatic rings. The molecule has 2 aromatic carbocycles. The average molecular weight is 561 g/mol. The summed E-state index contributed by atoms with van der Waals surface area (Å²) in [6.45, 7) is 3.31. The first-order valence-electron chi connectivity index (χ1n) is 13.6. The van der Waals surface area contributed by atoms with Gasteiger partial charge in [0, 0.05) is 47.0 Å². The summed E-state index contributed by atoms with van der Waals surface area (Å²) in [5, 5.41) is 18.8. The molecule has 3 unspecified atom stereocenters. The van der Waals surface area contributed by atoms with E-state index in [2.05, 4.69) is 25.9 Å². The number of benzene rings is 2. The van der Waals surface area contributed by atoms with Crippen LogP contribution in [0.3, 0.4) is 0 Å². The monoisotopic (exact) mass is 560 g/mol. The van der Waals surface area contributed by atoms with E-state index in [1.807, 2.05) is 62.4 Å². The highest BCUT2D eigenvalue weighted by molar-refractivity contribution is 5.95. The molecule has 11 nitrogen and oxygen atoms in total. The molecular weight excluding hydrogens is 524 g/mol. The van der Waals surface area contributed by atoms with Gasteiger partial charge in [-0.3, -0.25) is 19.2 Å². The third kappa shape index (κ3) is 7.52. The second-order valence-electron chi connectivity index (χ2n) is 10.6. The van der Waals surface area contributed by atoms with E-state index >= 15 is 0 Å². The molecule has 4 rings (SSSR count). The average Bonchev–Trinajstić information content (AvgIpc) is 3.54. The Labute approximate surface area is 237 Å². The second-order valence-corrected chi connectivity index (χ2v) is 10.6. The summed E-state index contributed by atoms with van der Waals surface area (Å²) in [6.07, 6.45) is 4.22. The molecule has 0 saturated carbocycles. The highest BCUT2D eigenvalue weighted by Gasteiger charge is 2.30. The van der Waals surface area contributed by atoms with Gasteiger partial charge in [0.25, 0.3) is 0 Å². The number of carbonyl (C=O) groups is 4. The number of hydrogen-bond donors (Lipinski definition) is 7. The molecule has 3 atom stereocenters. The van der Waals surface area contributed by atoms with Crippen LogP contribution in [-0.2, 0) is 32.0 Å². The summed E-state index contributed by atoms with van der Waals surface area (Å²) in [6, 6.07) is 12.2. The van der Waals surface area contributed by atoms with E-state index in [-0.39, 0.29) is 18.8 Å². The molecule has 0 aliphatic rings. The molecule has 0 saturated heterocycles. The van der Waals surface area contributed by atoms with Crippen molar-refractivity contribution in [3.8, 4) is 0 Å². The summed E-state index contributed by atoms with van der Waals surface area (Å²) < 4.78 is 0. The fraction of sp³-hybridized carbons (Fsp3) is 0.333. The van der Waals surface area contributed by atoms with Gasteiger partial charge in [0.05, 0.1) is 6.04 Å². The van der Waals surface area contributed by atoms with Crippen LogP contribution < -0.4 is 21.7 Å². The molecule has 216 valence electrons. The maximum atomic E-state index is 13.7. The number of amides is 3. The van der Waals surface area contributed by atoms with Crippen molar-refractivity contribution in [3.05, 3.63) is 72.1 Å². The van der Waals surface area contributed by atoms with Crippen LogP contribution in [0.2, 0.25) is 0 Å². The predicted molar refractivity (Wildman–Crippen MR) is 156 cm³/mol. The Morgan fingerprint density at radius 2 is 1.27 bits per heavy atom. The van der Waals surface area contributed by atoms with Crippen LogP contribution in [0.4, 0.5) is 0 Å².